The molecule has 0 spiro atoms. The highest BCUT2D eigenvalue weighted by atomic mass is 79.9. The van der Waals surface area contributed by atoms with Crippen LogP contribution in [-0.4, -0.2) is 15.3 Å². The van der Waals surface area contributed by atoms with Crippen LogP contribution in [0, 0.1) is 28.6 Å². The van der Waals surface area contributed by atoms with Gasteiger partial charge in [0.2, 0.25) is 5.82 Å². The molecule has 0 aliphatic heterocycles. The predicted octanol–water partition coefficient (Wildman–Crippen LogP) is 3.91. The minimum absolute atomic E-state index is 0.291. The lowest BCUT2D eigenvalue weighted by Crippen LogP contribution is -2.07. The van der Waals surface area contributed by atoms with Crippen molar-refractivity contribution in [3.05, 3.63) is 28.9 Å². The van der Waals surface area contributed by atoms with E-state index in [-0.39, 0.29) is 0 Å². The SMILES string of the molecule is CC(C)(C)CC1C2C(CBr)=Cc3cnc(C#N)nc3C12. The Morgan fingerprint density at radius 3 is 2.70 bits per heavy atom. The van der Waals surface area contributed by atoms with Gasteiger partial charge in [-0.3, -0.25) is 0 Å². The van der Waals surface area contributed by atoms with Crippen LogP contribution < -0.4 is 0 Å². The molecule has 0 bridgehead atoms. The summed E-state index contributed by atoms with van der Waals surface area (Å²) in [5.74, 6) is 2.03. The van der Waals surface area contributed by atoms with E-state index in [2.05, 4.69) is 58.8 Å². The van der Waals surface area contributed by atoms with Gasteiger partial charge in [-0.25, -0.2) is 9.97 Å². The lowest BCUT2D eigenvalue weighted by Gasteiger charge is -2.17. The first-order chi connectivity index (χ1) is 9.44. The first-order valence-electron chi connectivity index (χ1n) is 6.98. The third-order valence-corrected chi connectivity index (χ3v) is 4.85. The Labute approximate surface area is 128 Å². The van der Waals surface area contributed by atoms with E-state index < -0.39 is 0 Å². The van der Waals surface area contributed by atoms with Crippen molar-refractivity contribution in [2.75, 3.05) is 5.33 Å². The monoisotopic (exact) mass is 331 g/mol. The molecule has 1 fully saturated rings. The molecule has 1 aromatic rings. The Hall–Kier alpha value is -1.21. The third kappa shape index (κ3) is 2.29. The lowest BCUT2D eigenvalue weighted by molar-refractivity contribution is 0.345. The van der Waals surface area contributed by atoms with Gasteiger partial charge in [-0.1, -0.05) is 48.4 Å². The van der Waals surface area contributed by atoms with Gasteiger partial charge in [0, 0.05) is 23.0 Å². The van der Waals surface area contributed by atoms with Crippen LogP contribution in [0.3, 0.4) is 0 Å². The predicted molar refractivity (Wildman–Crippen MR) is 82.3 cm³/mol. The highest BCUT2D eigenvalue weighted by molar-refractivity contribution is 9.09. The number of fused-ring (bicyclic) bond motifs is 3. The second kappa shape index (κ2) is 4.66. The van der Waals surface area contributed by atoms with Crippen LogP contribution in [0.1, 0.15) is 50.2 Å². The molecule has 4 heteroatoms. The molecule has 104 valence electrons. The van der Waals surface area contributed by atoms with Crippen LogP contribution in [0.15, 0.2) is 11.8 Å². The number of nitriles is 1. The smallest absolute Gasteiger partial charge is 0.227 e. The molecule has 1 heterocycles. The van der Waals surface area contributed by atoms with Gasteiger partial charge in [0.15, 0.2) is 0 Å². The van der Waals surface area contributed by atoms with E-state index in [1.54, 1.807) is 6.20 Å². The second-order valence-electron chi connectivity index (χ2n) is 6.98. The van der Waals surface area contributed by atoms with Crippen molar-refractivity contribution in [2.45, 2.75) is 33.1 Å². The number of alkyl halides is 1. The summed E-state index contributed by atoms with van der Waals surface area (Å²) in [6, 6.07) is 2.05. The molecule has 0 radical (unpaired) electrons. The molecule has 3 unspecified atom stereocenters. The van der Waals surface area contributed by atoms with Gasteiger partial charge in [-0.05, 0) is 23.7 Å². The minimum Gasteiger partial charge on any atom is -0.227 e. The molecular weight excluding hydrogens is 314 g/mol. The van der Waals surface area contributed by atoms with Gasteiger partial charge in [0.25, 0.3) is 0 Å². The van der Waals surface area contributed by atoms with Crippen molar-refractivity contribution in [3.63, 3.8) is 0 Å². The van der Waals surface area contributed by atoms with Crippen molar-refractivity contribution in [2.24, 2.45) is 17.3 Å². The summed E-state index contributed by atoms with van der Waals surface area (Å²) in [6.45, 7) is 6.86. The van der Waals surface area contributed by atoms with Gasteiger partial charge in [0.05, 0.1) is 5.69 Å². The highest BCUT2D eigenvalue weighted by Crippen LogP contribution is 2.64. The Bertz CT molecular complexity index is 622. The third-order valence-electron chi connectivity index (χ3n) is 4.20. The van der Waals surface area contributed by atoms with E-state index >= 15 is 0 Å². The second-order valence-corrected chi connectivity index (χ2v) is 7.54. The largest absolute Gasteiger partial charge is 0.232 e. The Morgan fingerprint density at radius 1 is 1.35 bits per heavy atom. The minimum atomic E-state index is 0.291. The number of halogens is 1. The molecule has 3 rings (SSSR count). The van der Waals surface area contributed by atoms with Crippen molar-refractivity contribution in [1.82, 2.24) is 9.97 Å². The Kier molecular flexibility index (Phi) is 3.21. The number of rotatable bonds is 2. The van der Waals surface area contributed by atoms with Gasteiger partial charge in [-0.2, -0.15) is 5.26 Å². The normalized spacial score (nSPS) is 27.1. The summed E-state index contributed by atoms with van der Waals surface area (Å²) in [7, 11) is 0. The number of allylic oxidation sites excluding steroid dienone is 1. The summed E-state index contributed by atoms with van der Waals surface area (Å²) < 4.78 is 0. The van der Waals surface area contributed by atoms with Crippen LogP contribution in [-0.2, 0) is 0 Å². The van der Waals surface area contributed by atoms with E-state index in [0.29, 0.717) is 29.0 Å². The molecule has 1 aromatic heterocycles. The van der Waals surface area contributed by atoms with E-state index in [1.165, 1.54) is 12.0 Å². The fourth-order valence-electron chi connectivity index (χ4n) is 3.47. The standard InChI is InChI=1S/C16H18BrN3/c1-16(2,3)5-11-13-9(6-17)4-10-8-19-12(7-18)20-15(10)14(11)13/h4,8,11,13-14H,5-6H2,1-3H3. The molecule has 2 aliphatic carbocycles. The number of hydrogen-bond donors (Lipinski definition) is 0. The zero-order chi connectivity index (χ0) is 14.5. The molecule has 0 N–H and O–H groups in total. The summed E-state index contributed by atoms with van der Waals surface area (Å²) in [6.07, 6.45) is 5.19. The molecule has 3 atom stereocenters. The van der Waals surface area contributed by atoms with E-state index in [0.717, 1.165) is 16.6 Å². The molecule has 2 aliphatic rings. The maximum absolute atomic E-state index is 8.99. The molecule has 20 heavy (non-hydrogen) atoms. The molecule has 3 nitrogen and oxygen atoms in total. The van der Waals surface area contributed by atoms with Gasteiger partial charge >= 0.3 is 0 Å². The quantitative estimate of drug-likeness (QED) is 0.772. The van der Waals surface area contributed by atoms with Crippen molar-refractivity contribution in [3.8, 4) is 6.07 Å². The van der Waals surface area contributed by atoms with E-state index in [9.17, 15) is 0 Å². The molecular formula is C16H18BrN3. The fraction of sp³-hybridized carbons (Fsp3) is 0.562. The zero-order valence-corrected chi connectivity index (χ0v) is 13.6. The van der Waals surface area contributed by atoms with Gasteiger partial charge < -0.3 is 0 Å². The average Bonchev–Trinajstić information content (AvgIpc) is 3.09. The highest BCUT2D eigenvalue weighted by Gasteiger charge is 2.56. The van der Waals surface area contributed by atoms with Crippen LogP contribution in [0.5, 0.6) is 0 Å². The maximum Gasteiger partial charge on any atom is 0.232 e. The maximum atomic E-state index is 8.99. The number of nitrogens with zero attached hydrogens (tertiary/aromatic N) is 3. The first kappa shape index (κ1) is 13.8. The summed E-state index contributed by atoms with van der Waals surface area (Å²) in [5.41, 5.74) is 3.95. The van der Waals surface area contributed by atoms with Crippen molar-refractivity contribution >= 4 is 22.0 Å². The molecule has 0 aromatic carbocycles. The van der Waals surface area contributed by atoms with Gasteiger partial charge in [0.1, 0.15) is 6.07 Å². The van der Waals surface area contributed by atoms with Crippen LogP contribution in [0.25, 0.3) is 6.08 Å². The summed E-state index contributed by atoms with van der Waals surface area (Å²) in [5, 5.41) is 9.90. The summed E-state index contributed by atoms with van der Waals surface area (Å²) >= 11 is 3.60. The van der Waals surface area contributed by atoms with Crippen LogP contribution >= 0.6 is 15.9 Å². The Morgan fingerprint density at radius 2 is 2.10 bits per heavy atom. The lowest BCUT2D eigenvalue weighted by atomic mass is 9.88. The van der Waals surface area contributed by atoms with Gasteiger partial charge in [-0.15, -0.1) is 0 Å². The van der Waals surface area contributed by atoms with E-state index in [4.69, 9.17) is 5.26 Å². The molecule has 1 saturated carbocycles. The van der Waals surface area contributed by atoms with Crippen molar-refractivity contribution in [1.29, 1.82) is 5.26 Å². The zero-order valence-electron chi connectivity index (χ0n) is 12.0. The molecule has 0 amide bonds. The number of hydrogen-bond acceptors (Lipinski definition) is 3. The molecule has 0 saturated heterocycles. The topological polar surface area (TPSA) is 49.6 Å². The summed E-state index contributed by atoms with van der Waals surface area (Å²) in [4.78, 5) is 8.57. The van der Waals surface area contributed by atoms with E-state index in [1.807, 2.05) is 0 Å². The first-order valence-corrected chi connectivity index (χ1v) is 8.10. The number of aromatic nitrogens is 2. The van der Waals surface area contributed by atoms with Crippen LogP contribution in [0.4, 0.5) is 0 Å². The van der Waals surface area contributed by atoms with Crippen molar-refractivity contribution < 1.29 is 0 Å². The van der Waals surface area contributed by atoms with Crippen LogP contribution in [0.2, 0.25) is 0 Å². The fourth-order valence-corrected chi connectivity index (χ4v) is 4.01. The average molecular weight is 332 g/mol. The Balaban J connectivity index is 1.99.